The maximum absolute atomic E-state index is 5.79. The van der Waals surface area contributed by atoms with Gasteiger partial charge >= 0.3 is 0 Å². The van der Waals surface area contributed by atoms with E-state index in [4.69, 9.17) is 4.74 Å². The van der Waals surface area contributed by atoms with Crippen LogP contribution >= 0.6 is 11.3 Å². The lowest BCUT2D eigenvalue weighted by atomic mass is 10.2. The van der Waals surface area contributed by atoms with Gasteiger partial charge in [0.2, 0.25) is 0 Å². The molecule has 22 heavy (non-hydrogen) atoms. The van der Waals surface area contributed by atoms with Crippen LogP contribution in [0, 0.1) is 0 Å². The van der Waals surface area contributed by atoms with Gasteiger partial charge in [-0.15, -0.1) is 11.3 Å². The molecule has 0 aromatic carbocycles. The van der Waals surface area contributed by atoms with Gasteiger partial charge in [0.1, 0.15) is 5.01 Å². The van der Waals surface area contributed by atoms with Gasteiger partial charge in [-0.1, -0.05) is 13.0 Å². The Morgan fingerprint density at radius 3 is 3.23 bits per heavy atom. The fourth-order valence-electron chi connectivity index (χ4n) is 2.55. The first-order valence-corrected chi connectivity index (χ1v) is 8.63. The van der Waals surface area contributed by atoms with Crippen molar-refractivity contribution in [2.24, 2.45) is 0 Å². The first-order chi connectivity index (χ1) is 10.8. The van der Waals surface area contributed by atoms with Gasteiger partial charge in [0, 0.05) is 37.8 Å². The standard InChI is InChI=1S/C16H22N4OS/c1-2-20-7-8-21-14(11-20)10-17-9-13-12-22-16(19-13)15-5-3-4-6-18-15/h3-6,12,14,17H,2,7-11H2,1H3/t14-/m0/s1. The molecule has 0 bridgehead atoms. The molecule has 1 aliphatic rings. The van der Waals surface area contributed by atoms with Crippen LogP contribution in [0.3, 0.4) is 0 Å². The first kappa shape index (κ1) is 15.6. The number of ether oxygens (including phenoxy) is 1. The summed E-state index contributed by atoms with van der Waals surface area (Å²) in [6.07, 6.45) is 2.08. The van der Waals surface area contributed by atoms with Crippen LogP contribution in [-0.4, -0.2) is 53.8 Å². The Hall–Kier alpha value is -1.34. The predicted octanol–water partition coefficient (Wildman–Crippen LogP) is 2.02. The summed E-state index contributed by atoms with van der Waals surface area (Å²) < 4.78 is 5.79. The maximum atomic E-state index is 5.79. The molecule has 0 aliphatic carbocycles. The fraction of sp³-hybridized carbons (Fsp3) is 0.500. The Kier molecular flexibility index (Phi) is 5.50. The van der Waals surface area contributed by atoms with E-state index in [1.807, 2.05) is 18.2 Å². The summed E-state index contributed by atoms with van der Waals surface area (Å²) >= 11 is 1.64. The predicted molar refractivity (Wildman–Crippen MR) is 88.9 cm³/mol. The van der Waals surface area contributed by atoms with E-state index in [0.29, 0.717) is 0 Å². The summed E-state index contributed by atoms with van der Waals surface area (Å²) in [6, 6.07) is 5.90. The second-order valence-corrected chi connectivity index (χ2v) is 6.23. The molecule has 2 aromatic rings. The van der Waals surface area contributed by atoms with E-state index >= 15 is 0 Å². The van der Waals surface area contributed by atoms with Crippen LogP contribution in [-0.2, 0) is 11.3 Å². The van der Waals surface area contributed by atoms with Gasteiger partial charge in [-0.2, -0.15) is 0 Å². The minimum absolute atomic E-state index is 0.280. The Morgan fingerprint density at radius 2 is 2.41 bits per heavy atom. The lowest BCUT2D eigenvalue weighted by molar-refractivity contribution is -0.0254. The third-order valence-electron chi connectivity index (χ3n) is 3.78. The van der Waals surface area contributed by atoms with Crippen molar-refractivity contribution in [1.29, 1.82) is 0 Å². The highest BCUT2D eigenvalue weighted by Crippen LogP contribution is 2.21. The minimum atomic E-state index is 0.280. The number of pyridine rings is 1. The third kappa shape index (κ3) is 4.10. The Bertz CT molecular complexity index is 575. The number of nitrogens with one attached hydrogen (secondary N) is 1. The summed E-state index contributed by atoms with van der Waals surface area (Å²) in [5, 5.41) is 6.52. The molecule has 3 rings (SSSR count). The van der Waals surface area contributed by atoms with E-state index in [0.717, 1.165) is 55.7 Å². The van der Waals surface area contributed by atoms with E-state index in [1.54, 1.807) is 17.5 Å². The van der Waals surface area contributed by atoms with Crippen molar-refractivity contribution in [1.82, 2.24) is 20.2 Å². The summed E-state index contributed by atoms with van der Waals surface area (Å²) in [6.45, 7) is 7.83. The molecule has 3 heterocycles. The van der Waals surface area contributed by atoms with Crippen molar-refractivity contribution in [3.8, 4) is 10.7 Å². The second kappa shape index (κ2) is 7.78. The van der Waals surface area contributed by atoms with Gasteiger partial charge in [-0.25, -0.2) is 4.98 Å². The van der Waals surface area contributed by atoms with Crippen molar-refractivity contribution >= 4 is 11.3 Å². The highest BCUT2D eigenvalue weighted by Gasteiger charge is 2.18. The van der Waals surface area contributed by atoms with Crippen molar-refractivity contribution in [2.75, 3.05) is 32.8 Å². The zero-order chi connectivity index (χ0) is 15.2. The quantitative estimate of drug-likeness (QED) is 0.883. The van der Waals surface area contributed by atoms with Crippen molar-refractivity contribution < 1.29 is 4.74 Å². The van der Waals surface area contributed by atoms with Crippen LogP contribution in [0.4, 0.5) is 0 Å². The third-order valence-corrected chi connectivity index (χ3v) is 4.70. The largest absolute Gasteiger partial charge is 0.374 e. The monoisotopic (exact) mass is 318 g/mol. The molecule has 2 aromatic heterocycles. The van der Waals surface area contributed by atoms with Crippen molar-refractivity contribution in [3.63, 3.8) is 0 Å². The van der Waals surface area contributed by atoms with Gasteiger partial charge in [-0.3, -0.25) is 9.88 Å². The average molecular weight is 318 g/mol. The zero-order valence-electron chi connectivity index (χ0n) is 12.9. The van der Waals surface area contributed by atoms with Gasteiger partial charge in [0.15, 0.2) is 0 Å². The molecule has 0 amide bonds. The number of hydrogen-bond acceptors (Lipinski definition) is 6. The molecule has 0 unspecified atom stereocenters. The van der Waals surface area contributed by atoms with Crippen molar-refractivity contribution in [2.45, 2.75) is 19.6 Å². The minimum Gasteiger partial charge on any atom is -0.374 e. The number of hydrogen-bond donors (Lipinski definition) is 1. The molecule has 1 fully saturated rings. The number of morpholine rings is 1. The molecule has 1 N–H and O–H groups in total. The summed E-state index contributed by atoms with van der Waals surface area (Å²) in [7, 11) is 0. The highest BCUT2D eigenvalue weighted by atomic mass is 32.1. The van der Waals surface area contributed by atoms with Gasteiger partial charge in [0.25, 0.3) is 0 Å². The van der Waals surface area contributed by atoms with Gasteiger partial charge in [-0.05, 0) is 18.7 Å². The van der Waals surface area contributed by atoms with Crippen LogP contribution in [0.15, 0.2) is 29.8 Å². The molecular formula is C16H22N4OS. The SMILES string of the molecule is CCN1CCO[C@@H](CNCc2csc(-c3ccccn3)n2)C1. The maximum Gasteiger partial charge on any atom is 0.142 e. The second-order valence-electron chi connectivity index (χ2n) is 5.38. The molecule has 1 saturated heterocycles. The van der Waals surface area contributed by atoms with Crippen LogP contribution in [0.2, 0.25) is 0 Å². The van der Waals surface area contributed by atoms with Crippen LogP contribution in [0.5, 0.6) is 0 Å². The first-order valence-electron chi connectivity index (χ1n) is 7.75. The van der Waals surface area contributed by atoms with Gasteiger partial charge in [0.05, 0.1) is 24.1 Å². The topological polar surface area (TPSA) is 50.3 Å². The summed E-state index contributed by atoms with van der Waals surface area (Å²) in [4.78, 5) is 11.4. The number of rotatable bonds is 6. The average Bonchev–Trinajstić information content (AvgIpc) is 3.05. The van der Waals surface area contributed by atoms with E-state index in [2.05, 4.69) is 32.5 Å². The molecule has 6 heteroatoms. The van der Waals surface area contributed by atoms with E-state index in [9.17, 15) is 0 Å². The van der Waals surface area contributed by atoms with Gasteiger partial charge < -0.3 is 10.1 Å². The zero-order valence-corrected chi connectivity index (χ0v) is 13.7. The van der Waals surface area contributed by atoms with Crippen LogP contribution in [0.1, 0.15) is 12.6 Å². The summed E-state index contributed by atoms with van der Waals surface area (Å²) in [5.74, 6) is 0. The van der Waals surface area contributed by atoms with E-state index < -0.39 is 0 Å². The van der Waals surface area contributed by atoms with Crippen LogP contribution < -0.4 is 5.32 Å². The smallest absolute Gasteiger partial charge is 0.142 e. The molecule has 0 radical (unpaired) electrons. The lowest BCUT2D eigenvalue weighted by Gasteiger charge is -2.32. The number of nitrogens with zero attached hydrogens (tertiary/aromatic N) is 3. The molecule has 1 atom stereocenters. The van der Waals surface area contributed by atoms with E-state index in [-0.39, 0.29) is 6.10 Å². The lowest BCUT2D eigenvalue weighted by Crippen LogP contribution is -2.46. The number of likely N-dealkylation sites (N-methyl/N-ethyl adjacent to an activating group) is 1. The highest BCUT2D eigenvalue weighted by molar-refractivity contribution is 7.13. The van der Waals surface area contributed by atoms with E-state index in [1.165, 1.54) is 0 Å². The van der Waals surface area contributed by atoms with Crippen LogP contribution in [0.25, 0.3) is 10.7 Å². The molecule has 0 saturated carbocycles. The molecular weight excluding hydrogens is 296 g/mol. The molecule has 0 spiro atoms. The van der Waals surface area contributed by atoms with Crippen molar-refractivity contribution in [3.05, 3.63) is 35.5 Å². The number of thiazole rings is 1. The molecule has 1 aliphatic heterocycles. The fourth-order valence-corrected chi connectivity index (χ4v) is 3.34. The normalized spacial score (nSPS) is 19.4. The summed E-state index contributed by atoms with van der Waals surface area (Å²) in [5.41, 5.74) is 2.00. The number of aromatic nitrogens is 2. The molecule has 118 valence electrons. The Balaban J connectivity index is 1.47. The molecule has 5 nitrogen and oxygen atoms in total. The Morgan fingerprint density at radius 1 is 1.45 bits per heavy atom. The Labute approximate surface area is 135 Å².